The summed E-state index contributed by atoms with van der Waals surface area (Å²) in [6.07, 6.45) is 4.39. The van der Waals surface area contributed by atoms with Gasteiger partial charge in [0.1, 0.15) is 5.58 Å². The first kappa shape index (κ1) is 15.4. The Balaban J connectivity index is 0.00000147. The van der Waals surface area contributed by atoms with Gasteiger partial charge >= 0.3 is 0 Å². The third-order valence-corrected chi connectivity index (χ3v) is 4.00. The van der Waals surface area contributed by atoms with E-state index in [1.165, 1.54) is 23.8 Å². The van der Waals surface area contributed by atoms with Crippen LogP contribution in [0.15, 0.2) is 34.9 Å². The van der Waals surface area contributed by atoms with Crippen molar-refractivity contribution in [2.75, 3.05) is 19.6 Å². The lowest BCUT2D eigenvalue weighted by Crippen LogP contribution is -2.36. The molecule has 2 aromatic rings. The zero-order chi connectivity index (χ0) is 13.1. The second-order valence-electron chi connectivity index (χ2n) is 5.37. The van der Waals surface area contributed by atoms with Crippen molar-refractivity contribution in [2.24, 2.45) is 0 Å². The molecule has 1 atom stereocenters. The fraction of sp³-hybridized carbons (Fsp3) is 0.500. The minimum absolute atomic E-state index is 0. The molecule has 0 radical (unpaired) electrons. The summed E-state index contributed by atoms with van der Waals surface area (Å²) in [5, 5.41) is 4.72. The fourth-order valence-electron chi connectivity index (χ4n) is 3.00. The lowest BCUT2D eigenvalue weighted by Gasteiger charge is -2.27. The number of nitrogens with one attached hydrogen (secondary N) is 1. The van der Waals surface area contributed by atoms with E-state index in [4.69, 9.17) is 4.42 Å². The molecule has 4 heteroatoms. The number of fused-ring (bicyclic) bond motifs is 1. The third kappa shape index (κ3) is 3.17. The highest BCUT2D eigenvalue weighted by atomic mass is 35.5. The van der Waals surface area contributed by atoms with E-state index in [0.717, 1.165) is 31.8 Å². The van der Waals surface area contributed by atoms with Crippen LogP contribution in [-0.4, -0.2) is 30.6 Å². The zero-order valence-corrected chi connectivity index (χ0v) is 12.8. The van der Waals surface area contributed by atoms with E-state index in [2.05, 4.69) is 29.3 Å². The highest BCUT2D eigenvalue weighted by molar-refractivity contribution is 5.85. The molecule has 110 valence electrons. The fourth-order valence-corrected chi connectivity index (χ4v) is 3.00. The van der Waals surface area contributed by atoms with Gasteiger partial charge in [0, 0.05) is 30.1 Å². The van der Waals surface area contributed by atoms with Gasteiger partial charge in [0.05, 0.1) is 6.26 Å². The first-order chi connectivity index (χ1) is 9.38. The molecule has 20 heavy (non-hydrogen) atoms. The van der Waals surface area contributed by atoms with E-state index in [0.29, 0.717) is 6.04 Å². The summed E-state index contributed by atoms with van der Waals surface area (Å²) in [5.41, 5.74) is 2.31. The SMILES string of the molecule is CCCN(Cc1coc2ccccc12)C1CCNC1.Cl. The van der Waals surface area contributed by atoms with Crippen molar-refractivity contribution in [3.8, 4) is 0 Å². The van der Waals surface area contributed by atoms with Crippen molar-refractivity contribution in [2.45, 2.75) is 32.4 Å². The van der Waals surface area contributed by atoms with Crippen molar-refractivity contribution in [1.82, 2.24) is 10.2 Å². The Labute approximate surface area is 126 Å². The third-order valence-electron chi connectivity index (χ3n) is 4.00. The van der Waals surface area contributed by atoms with Crippen molar-refractivity contribution >= 4 is 23.4 Å². The predicted molar refractivity (Wildman–Crippen MR) is 85.4 cm³/mol. The number of halogens is 1. The largest absolute Gasteiger partial charge is 0.464 e. The van der Waals surface area contributed by atoms with Crippen molar-refractivity contribution in [3.05, 3.63) is 36.1 Å². The van der Waals surface area contributed by atoms with Crippen LogP contribution in [-0.2, 0) is 6.54 Å². The number of nitrogens with zero attached hydrogens (tertiary/aromatic N) is 1. The minimum Gasteiger partial charge on any atom is -0.464 e. The first-order valence-electron chi connectivity index (χ1n) is 7.28. The summed E-state index contributed by atoms with van der Waals surface area (Å²) in [6, 6.07) is 8.99. The van der Waals surface area contributed by atoms with Crippen LogP contribution in [0, 0.1) is 0 Å². The van der Waals surface area contributed by atoms with Gasteiger partial charge in [0.2, 0.25) is 0 Å². The van der Waals surface area contributed by atoms with Gasteiger partial charge in [-0.2, -0.15) is 0 Å². The van der Waals surface area contributed by atoms with Crippen LogP contribution in [0.5, 0.6) is 0 Å². The Kier molecular flexibility index (Phi) is 5.46. The molecule has 1 fully saturated rings. The average Bonchev–Trinajstić information content (AvgIpc) is 3.08. The molecule has 1 aliphatic heterocycles. The lowest BCUT2D eigenvalue weighted by molar-refractivity contribution is 0.199. The molecule has 1 aromatic heterocycles. The Morgan fingerprint density at radius 1 is 1.35 bits per heavy atom. The molecule has 1 N–H and O–H groups in total. The predicted octanol–water partition coefficient (Wildman–Crippen LogP) is 3.43. The summed E-state index contributed by atoms with van der Waals surface area (Å²) < 4.78 is 5.65. The Bertz CT molecular complexity index is 534. The maximum Gasteiger partial charge on any atom is 0.134 e. The van der Waals surface area contributed by atoms with Gasteiger partial charge < -0.3 is 9.73 Å². The van der Waals surface area contributed by atoms with E-state index in [1.807, 2.05) is 18.4 Å². The Morgan fingerprint density at radius 2 is 2.20 bits per heavy atom. The number of para-hydroxylation sites is 1. The van der Waals surface area contributed by atoms with Gasteiger partial charge in [0.15, 0.2) is 0 Å². The molecule has 1 unspecified atom stereocenters. The van der Waals surface area contributed by atoms with Crippen LogP contribution in [0.25, 0.3) is 11.0 Å². The van der Waals surface area contributed by atoms with E-state index in [-0.39, 0.29) is 12.4 Å². The van der Waals surface area contributed by atoms with Crippen LogP contribution < -0.4 is 5.32 Å². The van der Waals surface area contributed by atoms with Crippen molar-refractivity contribution in [1.29, 1.82) is 0 Å². The topological polar surface area (TPSA) is 28.4 Å². The van der Waals surface area contributed by atoms with Crippen LogP contribution in [0.3, 0.4) is 0 Å². The first-order valence-corrected chi connectivity index (χ1v) is 7.28. The molecule has 0 bridgehead atoms. The summed E-state index contributed by atoms with van der Waals surface area (Å²) in [6.45, 7) is 6.68. The molecule has 0 aliphatic carbocycles. The summed E-state index contributed by atoms with van der Waals surface area (Å²) >= 11 is 0. The van der Waals surface area contributed by atoms with Gasteiger partial charge in [0.25, 0.3) is 0 Å². The molecule has 2 heterocycles. The van der Waals surface area contributed by atoms with Crippen LogP contribution in [0.2, 0.25) is 0 Å². The molecular formula is C16H23ClN2O. The van der Waals surface area contributed by atoms with Gasteiger partial charge in [-0.1, -0.05) is 25.1 Å². The van der Waals surface area contributed by atoms with Crippen LogP contribution >= 0.6 is 12.4 Å². The molecule has 0 saturated carbocycles. The number of benzene rings is 1. The van der Waals surface area contributed by atoms with Gasteiger partial charge in [-0.15, -0.1) is 12.4 Å². The number of rotatable bonds is 5. The molecule has 1 aliphatic rings. The van der Waals surface area contributed by atoms with E-state index >= 15 is 0 Å². The second kappa shape index (κ2) is 7.11. The molecule has 1 saturated heterocycles. The Hall–Kier alpha value is -1.03. The summed E-state index contributed by atoms with van der Waals surface area (Å²) in [7, 11) is 0. The highest BCUT2D eigenvalue weighted by Crippen LogP contribution is 2.23. The number of hydrogen-bond donors (Lipinski definition) is 1. The van der Waals surface area contributed by atoms with Gasteiger partial charge in [-0.05, 0) is 32.0 Å². The van der Waals surface area contributed by atoms with E-state index in [9.17, 15) is 0 Å². The van der Waals surface area contributed by atoms with Crippen LogP contribution in [0.4, 0.5) is 0 Å². The molecule has 0 amide bonds. The zero-order valence-electron chi connectivity index (χ0n) is 12.0. The number of hydrogen-bond acceptors (Lipinski definition) is 3. The molecule has 3 rings (SSSR count). The molecule has 3 nitrogen and oxygen atoms in total. The smallest absolute Gasteiger partial charge is 0.134 e. The Morgan fingerprint density at radius 3 is 2.95 bits per heavy atom. The van der Waals surface area contributed by atoms with Gasteiger partial charge in [-0.25, -0.2) is 0 Å². The molecular weight excluding hydrogens is 272 g/mol. The monoisotopic (exact) mass is 294 g/mol. The minimum atomic E-state index is 0. The van der Waals surface area contributed by atoms with E-state index in [1.54, 1.807) is 0 Å². The maximum absolute atomic E-state index is 5.65. The van der Waals surface area contributed by atoms with Crippen molar-refractivity contribution < 1.29 is 4.42 Å². The average molecular weight is 295 g/mol. The molecule has 1 aromatic carbocycles. The van der Waals surface area contributed by atoms with E-state index < -0.39 is 0 Å². The molecule has 0 spiro atoms. The maximum atomic E-state index is 5.65. The van der Waals surface area contributed by atoms with Crippen LogP contribution in [0.1, 0.15) is 25.3 Å². The normalized spacial score (nSPS) is 18.6. The quantitative estimate of drug-likeness (QED) is 0.916. The number of furan rings is 1. The highest BCUT2D eigenvalue weighted by Gasteiger charge is 2.22. The lowest BCUT2D eigenvalue weighted by atomic mass is 10.1. The summed E-state index contributed by atoms with van der Waals surface area (Å²) in [4.78, 5) is 2.59. The second-order valence-corrected chi connectivity index (χ2v) is 5.37. The van der Waals surface area contributed by atoms with Crippen molar-refractivity contribution in [3.63, 3.8) is 0 Å². The summed E-state index contributed by atoms with van der Waals surface area (Å²) in [5.74, 6) is 0. The standard InChI is InChI=1S/C16H22N2O.ClH/c1-2-9-18(14-7-8-17-10-14)11-13-12-19-16-6-4-3-5-15(13)16;/h3-6,12,14,17H,2,7-11H2,1H3;1H. The van der Waals surface area contributed by atoms with Gasteiger partial charge in [-0.3, -0.25) is 4.90 Å².